The van der Waals surface area contributed by atoms with Crippen LogP contribution in [-0.2, 0) is 6.42 Å². The van der Waals surface area contributed by atoms with Gasteiger partial charge in [0.15, 0.2) is 0 Å². The summed E-state index contributed by atoms with van der Waals surface area (Å²) >= 11 is 0. The Bertz CT molecular complexity index is 365. The Morgan fingerprint density at radius 3 is 2.89 bits per heavy atom. The first-order valence-corrected chi connectivity index (χ1v) is 6.52. The topological polar surface area (TPSA) is 44.7 Å². The molecule has 2 N–H and O–H groups in total. The molecule has 1 aliphatic heterocycles. The highest BCUT2D eigenvalue weighted by Gasteiger charge is 2.14. The molecule has 18 heavy (non-hydrogen) atoms. The largest absolute Gasteiger partial charge is 0.497 e. The van der Waals surface area contributed by atoms with Crippen molar-refractivity contribution >= 4 is 0 Å². The van der Waals surface area contributed by atoms with Crippen molar-refractivity contribution in [2.24, 2.45) is 0 Å². The zero-order valence-electron chi connectivity index (χ0n) is 10.9. The van der Waals surface area contributed by atoms with Gasteiger partial charge >= 0.3 is 0 Å². The number of aliphatic hydroxyl groups is 1. The molecule has 1 aliphatic rings. The molecule has 1 aromatic carbocycles. The fourth-order valence-electron chi connectivity index (χ4n) is 2.33. The maximum Gasteiger partial charge on any atom is 0.119 e. The first kappa shape index (κ1) is 13.3. The van der Waals surface area contributed by atoms with Gasteiger partial charge in [0, 0.05) is 32.7 Å². The minimum absolute atomic E-state index is 0.310. The summed E-state index contributed by atoms with van der Waals surface area (Å²) in [6, 6.07) is 7.91. The van der Waals surface area contributed by atoms with Crippen molar-refractivity contribution < 1.29 is 9.84 Å². The summed E-state index contributed by atoms with van der Waals surface area (Å²) in [5.74, 6) is 0.849. The van der Waals surface area contributed by atoms with Crippen LogP contribution in [0.4, 0.5) is 0 Å². The van der Waals surface area contributed by atoms with E-state index in [4.69, 9.17) is 4.74 Å². The lowest BCUT2D eigenvalue weighted by Crippen LogP contribution is -2.46. The van der Waals surface area contributed by atoms with Crippen LogP contribution in [0, 0.1) is 0 Å². The van der Waals surface area contributed by atoms with Crippen LogP contribution in [0.2, 0.25) is 0 Å². The van der Waals surface area contributed by atoms with Gasteiger partial charge in [-0.1, -0.05) is 12.1 Å². The van der Waals surface area contributed by atoms with E-state index in [0.29, 0.717) is 6.42 Å². The van der Waals surface area contributed by atoms with Gasteiger partial charge in [-0.05, 0) is 24.1 Å². The molecule has 100 valence electrons. The van der Waals surface area contributed by atoms with Crippen molar-refractivity contribution in [1.82, 2.24) is 10.2 Å². The highest BCUT2D eigenvalue weighted by molar-refractivity contribution is 5.28. The summed E-state index contributed by atoms with van der Waals surface area (Å²) in [4.78, 5) is 2.31. The minimum Gasteiger partial charge on any atom is -0.497 e. The van der Waals surface area contributed by atoms with Gasteiger partial charge < -0.3 is 15.2 Å². The van der Waals surface area contributed by atoms with Gasteiger partial charge in [-0.25, -0.2) is 0 Å². The van der Waals surface area contributed by atoms with Crippen LogP contribution in [0.1, 0.15) is 5.56 Å². The molecule has 0 radical (unpaired) electrons. The smallest absolute Gasteiger partial charge is 0.119 e. The molecule has 0 amide bonds. The monoisotopic (exact) mass is 250 g/mol. The molecule has 2 rings (SSSR count). The number of benzene rings is 1. The van der Waals surface area contributed by atoms with Crippen LogP contribution in [0.3, 0.4) is 0 Å². The number of hydrogen-bond acceptors (Lipinski definition) is 4. The molecular weight excluding hydrogens is 228 g/mol. The second-order valence-electron chi connectivity index (χ2n) is 4.76. The number of ether oxygens (including phenoxy) is 1. The third kappa shape index (κ3) is 3.98. The summed E-state index contributed by atoms with van der Waals surface area (Å²) in [5.41, 5.74) is 1.12. The molecule has 1 heterocycles. The summed E-state index contributed by atoms with van der Waals surface area (Å²) in [6.45, 7) is 4.83. The van der Waals surface area contributed by atoms with Crippen LogP contribution in [0.25, 0.3) is 0 Å². The van der Waals surface area contributed by atoms with Gasteiger partial charge in [-0.2, -0.15) is 0 Å². The van der Waals surface area contributed by atoms with E-state index in [-0.39, 0.29) is 6.10 Å². The van der Waals surface area contributed by atoms with Crippen LogP contribution in [-0.4, -0.2) is 55.9 Å². The second-order valence-corrected chi connectivity index (χ2v) is 4.76. The number of rotatable bonds is 5. The fourth-order valence-corrected chi connectivity index (χ4v) is 2.33. The van der Waals surface area contributed by atoms with Crippen LogP contribution < -0.4 is 10.1 Å². The predicted molar refractivity (Wildman–Crippen MR) is 72.0 cm³/mol. The minimum atomic E-state index is -0.310. The average molecular weight is 250 g/mol. The van der Waals surface area contributed by atoms with Gasteiger partial charge in [-0.3, -0.25) is 4.90 Å². The van der Waals surface area contributed by atoms with Crippen molar-refractivity contribution in [2.45, 2.75) is 12.5 Å². The quantitative estimate of drug-likeness (QED) is 0.799. The molecular formula is C14H22N2O2. The number of aliphatic hydroxyl groups excluding tert-OH is 1. The number of nitrogens with one attached hydrogen (secondary N) is 1. The molecule has 1 saturated heterocycles. The van der Waals surface area contributed by atoms with Gasteiger partial charge in [0.05, 0.1) is 13.2 Å². The van der Waals surface area contributed by atoms with Gasteiger partial charge in [0.2, 0.25) is 0 Å². The first-order chi connectivity index (χ1) is 8.78. The molecule has 0 aliphatic carbocycles. The predicted octanol–water partition coefficient (Wildman–Crippen LogP) is 0.504. The van der Waals surface area contributed by atoms with Gasteiger partial charge in [-0.15, -0.1) is 0 Å². The lowest BCUT2D eigenvalue weighted by atomic mass is 10.1. The first-order valence-electron chi connectivity index (χ1n) is 6.52. The SMILES string of the molecule is COc1cccc(CC(O)CN2CCNCC2)c1. The Hall–Kier alpha value is -1.10. The Kier molecular flexibility index (Phi) is 4.99. The number of piperazine rings is 1. The Balaban J connectivity index is 1.83. The molecule has 1 unspecified atom stereocenters. The number of β-amino-alcohol motifs (C(OH)–C–C–N with tert-alkyl or cyclic N) is 1. The molecule has 4 heteroatoms. The zero-order valence-corrected chi connectivity index (χ0v) is 10.9. The molecule has 0 aromatic heterocycles. The van der Waals surface area contributed by atoms with Crippen molar-refractivity contribution in [1.29, 1.82) is 0 Å². The van der Waals surface area contributed by atoms with Gasteiger partial charge in [0.1, 0.15) is 5.75 Å². The second kappa shape index (κ2) is 6.73. The summed E-state index contributed by atoms with van der Waals surface area (Å²) in [6.07, 6.45) is 0.372. The molecule has 1 aromatic rings. The maximum absolute atomic E-state index is 10.1. The summed E-state index contributed by atoms with van der Waals surface area (Å²) in [5, 5.41) is 13.4. The highest BCUT2D eigenvalue weighted by Crippen LogP contribution is 2.14. The zero-order chi connectivity index (χ0) is 12.8. The fraction of sp³-hybridized carbons (Fsp3) is 0.571. The highest BCUT2D eigenvalue weighted by atomic mass is 16.5. The molecule has 0 saturated carbocycles. The summed E-state index contributed by atoms with van der Waals surface area (Å²) in [7, 11) is 1.66. The molecule has 1 fully saturated rings. The Morgan fingerprint density at radius 2 is 2.17 bits per heavy atom. The summed E-state index contributed by atoms with van der Waals surface area (Å²) < 4.78 is 5.19. The van der Waals surface area contributed by atoms with E-state index in [1.165, 1.54) is 0 Å². The molecule has 1 atom stereocenters. The Morgan fingerprint density at radius 1 is 1.39 bits per heavy atom. The van der Waals surface area contributed by atoms with Crippen molar-refractivity contribution in [3.63, 3.8) is 0 Å². The van der Waals surface area contributed by atoms with E-state index in [0.717, 1.165) is 44.0 Å². The molecule has 0 bridgehead atoms. The van der Waals surface area contributed by atoms with E-state index in [2.05, 4.69) is 10.2 Å². The van der Waals surface area contributed by atoms with E-state index in [9.17, 15) is 5.11 Å². The van der Waals surface area contributed by atoms with E-state index in [1.54, 1.807) is 7.11 Å². The average Bonchev–Trinajstić information content (AvgIpc) is 2.40. The van der Waals surface area contributed by atoms with E-state index in [1.807, 2.05) is 24.3 Å². The van der Waals surface area contributed by atoms with Crippen LogP contribution in [0.5, 0.6) is 5.75 Å². The van der Waals surface area contributed by atoms with Crippen molar-refractivity contribution in [3.8, 4) is 5.75 Å². The standard InChI is InChI=1S/C14H22N2O2/c1-18-14-4-2-3-12(10-14)9-13(17)11-16-7-5-15-6-8-16/h2-4,10,13,15,17H,5-9,11H2,1H3. The van der Waals surface area contributed by atoms with Crippen LogP contribution in [0.15, 0.2) is 24.3 Å². The molecule has 0 spiro atoms. The number of nitrogens with zero attached hydrogens (tertiary/aromatic N) is 1. The third-order valence-electron chi connectivity index (χ3n) is 3.28. The third-order valence-corrected chi connectivity index (χ3v) is 3.28. The lowest BCUT2D eigenvalue weighted by molar-refractivity contribution is 0.105. The number of hydrogen-bond donors (Lipinski definition) is 2. The van der Waals surface area contributed by atoms with E-state index >= 15 is 0 Å². The number of methoxy groups -OCH3 is 1. The van der Waals surface area contributed by atoms with Crippen molar-refractivity contribution in [2.75, 3.05) is 39.8 Å². The Labute approximate surface area is 109 Å². The van der Waals surface area contributed by atoms with E-state index < -0.39 is 0 Å². The normalized spacial score (nSPS) is 18.6. The molecule has 4 nitrogen and oxygen atoms in total. The van der Waals surface area contributed by atoms with Crippen molar-refractivity contribution in [3.05, 3.63) is 29.8 Å². The van der Waals surface area contributed by atoms with Crippen LogP contribution >= 0.6 is 0 Å². The maximum atomic E-state index is 10.1. The van der Waals surface area contributed by atoms with Gasteiger partial charge in [0.25, 0.3) is 0 Å². The lowest BCUT2D eigenvalue weighted by Gasteiger charge is -2.29.